The highest BCUT2D eigenvalue weighted by atomic mass is 16.5. The van der Waals surface area contributed by atoms with Crippen molar-refractivity contribution in [1.82, 2.24) is 4.98 Å². The average Bonchev–Trinajstić information content (AvgIpc) is 2.97. The lowest BCUT2D eigenvalue weighted by Crippen LogP contribution is -2.14. The number of nitrogens with two attached hydrogens (primary N) is 1. The average molecular weight is 256 g/mol. The number of rotatable bonds is 4. The van der Waals surface area contributed by atoms with Crippen molar-refractivity contribution in [3.63, 3.8) is 0 Å². The first-order valence-corrected chi connectivity index (χ1v) is 7.05. The van der Waals surface area contributed by atoms with Crippen LogP contribution in [0.1, 0.15) is 37.3 Å². The Balaban J connectivity index is 1.68. The summed E-state index contributed by atoms with van der Waals surface area (Å²) >= 11 is 0. The second-order valence-corrected chi connectivity index (χ2v) is 5.27. The first-order valence-electron chi connectivity index (χ1n) is 7.05. The Labute approximate surface area is 113 Å². The van der Waals surface area contributed by atoms with Gasteiger partial charge in [0.1, 0.15) is 0 Å². The van der Waals surface area contributed by atoms with Gasteiger partial charge in [0.25, 0.3) is 0 Å². The summed E-state index contributed by atoms with van der Waals surface area (Å²) in [5, 5.41) is 1.16. The standard InChI is InChI=1S/C16H20N2O/c17-15(7-6-14-4-2-10-19-14)12-5-8-16-13(11-12)3-1-9-18-16/h1,3,5,8-9,11,14-15H,2,4,6-7,10,17H2. The minimum Gasteiger partial charge on any atom is -0.378 e. The summed E-state index contributed by atoms with van der Waals surface area (Å²) < 4.78 is 5.64. The molecule has 3 rings (SSSR count). The second-order valence-electron chi connectivity index (χ2n) is 5.27. The van der Waals surface area contributed by atoms with Crippen LogP contribution in [-0.4, -0.2) is 17.7 Å². The van der Waals surface area contributed by atoms with Gasteiger partial charge < -0.3 is 10.5 Å². The number of hydrogen-bond acceptors (Lipinski definition) is 3. The highest BCUT2D eigenvalue weighted by Crippen LogP contribution is 2.24. The van der Waals surface area contributed by atoms with Crippen molar-refractivity contribution < 1.29 is 4.74 Å². The van der Waals surface area contributed by atoms with Crippen molar-refractivity contribution in [2.75, 3.05) is 6.61 Å². The van der Waals surface area contributed by atoms with Crippen LogP contribution in [0.4, 0.5) is 0 Å². The molecule has 2 aromatic rings. The van der Waals surface area contributed by atoms with Crippen LogP contribution < -0.4 is 5.73 Å². The van der Waals surface area contributed by atoms with Gasteiger partial charge in [0, 0.05) is 24.2 Å². The number of benzene rings is 1. The van der Waals surface area contributed by atoms with Crippen LogP contribution in [0.5, 0.6) is 0 Å². The maximum atomic E-state index is 6.29. The Morgan fingerprint density at radius 2 is 2.32 bits per heavy atom. The van der Waals surface area contributed by atoms with Crippen molar-refractivity contribution >= 4 is 10.9 Å². The molecule has 0 aliphatic carbocycles. The number of aromatic nitrogens is 1. The molecule has 2 atom stereocenters. The zero-order valence-electron chi connectivity index (χ0n) is 11.1. The van der Waals surface area contributed by atoms with E-state index in [1.54, 1.807) is 0 Å². The SMILES string of the molecule is NC(CCC1CCCO1)c1ccc2ncccc2c1. The van der Waals surface area contributed by atoms with Crippen LogP contribution in [0.25, 0.3) is 10.9 Å². The van der Waals surface area contributed by atoms with E-state index >= 15 is 0 Å². The zero-order valence-corrected chi connectivity index (χ0v) is 11.1. The topological polar surface area (TPSA) is 48.1 Å². The molecule has 1 saturated heterocycles. The van der Waals surface area contributed by atoms with Crippen LogP contribution in [0.2, 0.25) is 0 Å². The van der Waals surface area contributed by atoms with Gasteiger partial charge in [-0.05, 0) is 49.4 Å². The fourth-order valence-electron chi connectivity index (χ4n) is 2.73. The number of nitrogens with zero attached hydrogens (tertiary/aromatic N) is 1. The van der Waals surface area contributed by atoms with E-state index in [-0.39, 0.29) is 6.04 Å². The van der Waals surface area contributed by atoms with E-state index in [1.165, 1.54) is 18.4 Å². The molecule has 2 N–H and O–H groups in total. The van der Waals surface area contributed by atoms with Gasteiger partial charge in [-0.3, -0.25) is 4.98 Å². The molecule has 0 spiro atoms. The normalized spacial score (nSPS) is 20.8. The molecule has 0 saturated carbocycles. The molecule has 1 aliphatic rings. The third-order valence-electron chi connectivity index (χ3n) is 3.88. The molecule has 2 unspecified atom stereocenters. The van der Waals surface area contributed by atoms with Gasteiger partial charge in [-0.1, -0.05) is 12.1 Å². The van der Waals surface area contributed by atoms with Crippen LogP contribution in [-0.2, 0) is 4.74 Å². The molecule has 2 heterocycles. The minimum atomic E-state index is 0.0915. The summed E-state index contributed by atoms with van der Waals surface area (Å²) in [7, 11) is 0. The number of pyridine rings is 1. The summed E-state index contributed by atoms with van der Waals surface area (Å²) in [6, 6.07) is 10.4. The summed E-state index contributed by atoms with van der Waals surface area (Å²) in [6.07, 6.45) is 6.67. The largest absolute Gasteiger partial charge is 0.378 e. The lowest BCUT2D eigenvalue weighted by Gasteiger charge is -2.15. The predicted molar refractivity (Wildman–Crippen MR) is 76.9 cm³/mol. The lowest BCUT2D eigenvalue weighted by molar-refractivity contribution is 0.101. The maximum Gasteiger partial charge on any atom is 0.0702 e. The quantitative estimate of drug-likeness (QED) is 0.913. The van der Waals surface area contributed by atoms with Crippen LogP contribution in [0.3, 0.4) is 0 Å². The molecule has 100 valence electrons. The molecule has 0 radical (unpaired) electrons. The highest BCUT2D eigenvalue weighted by Gasteiger charge is 2.17. The summed E-state index contributed by atoms with van der Waals surface area (Å²) in [6.45, 7) is 0.918. The molecular weight excluding hydrogens is 236 g/mol. The van der Waals surface area contributed by atoms with E-state index in [2.05, 4.69) is 29.2 Å². The number of hydrogen-bond donors (Lipinski definition) is 1. The summed E-state index contributed by atoms with van der Waals surface area (Å²) in [4.78, 5) is 4.33. The van der Waals surface area contributed by atoms with Crippen molar-refractivity contribution in [3.05, 3.63) is 42.1 Å². The van der Waals surface area contributed by atoms with E-state index in [0.717, 1.165) is 30.4 Å². The van der Waals surface area contributed by atoms with Gasteiger partial charge in [-0.2, -0.15) is 0 Å². The third-order valence-corrected chi connectivity index (χ3v) is 3.88. The first-order chi connectivity index (χ1) is 9.33. The third kappa shape index (κ3) is 2.94. The Bertz CT molecular complexity index is 549. The van der Waals surface area contributed by atoms with Crippen molar-refractivity contribution in [3.8, 4) is 0 Å². The predicted octanol–water partition coefficient (Wildman–Crippen LogP) is 3.19. The molecule has 0 amide bonds. The van der Waals surface area contributed by atoms with E-state index in [9.17, 15) is 0 Å². The van der Waals surface area contributed by atoms with Gasteiger partial charge in [0.15, 0.2) is 0 Å². The van der Waals surface area contributed by atoms with Crippen molar-refractivity contribution in [1.29, 1.82) is 0 Å². The van der Waals surface area contributed by atoms with Gasteiger partial charge >= 0.3 is 0 Å². The van der Waals surface area contributed by atoms with Gasteiger partial charge in [-0.15, -0.1) is 0 Å². The smallest absolute Gasteiger partial charge is 0.0702 e. The fraction of sp³-hybridized carbons (Fsp3) is 0.438. The molecule has 3 heteroatoms. The molecule has 1 aliphatic heterocycles. The van der Waals surface area contributed by atoms with Crippen molar-refractivity contribution in [2.24, 2.45) is 5.73 Å². The Morgan fingerprint density at radius 1 is 1.37 bits per heavy atom. The van der Waals surface area contributed by atoms with Crippen LogP contribution in [0, 0.1) is 0 Å². The number of fused-ring (bicyclic) bond motifs is 1. The highest BCUT2D eigenvalue weighted by molar-refractivity contribution is 5.79. The van der Waals surface area contributed by atoms with Crippen LogP contribution >= 0.6 is 0 Å². The van der Waals surface area contributed by atoms with Gasteiger partial charge in [0.2, 0.25) is 0 Å². The molecule has 3 nitrogen and oxygen atoms in total. The van der Waals surface area contributed by atoms with Gasteiger partial charge in [0.05, 0.1) is 11.6 Å². The van der Waals surface area contributed by atoms with Gasteiger partial charge in [-0.25, -0.2) is 0 Å². The van der Waals surface area contributed by atoms with Crippen LogP contribution in [0.15, 0.2) is 36.5 Å². The lowest BCUT2D eigenvalue weighted by atomic mass is 9.99. The molecule has 0 bridgehead atoms. The summed E-state index contributed by atoms with van der Waals surface area (Å²) in [5.74, 6) is 0. The zero-order chi connectivity index (χ0) is 13.1. The molecule has 1 fully saturated rings. The maximum absolute atomic E-state index is 6.29. The van der Waals surface area contributed by atoms with E-state index in [0.29, 0.717) is 6.10 Å². The monoisotopic (exact) mass is 256 g/mol. The fourth-order valence-corrected chi connectivity index (χ4v) is 2.73. The Kier molecular flexibility index (Phi) is 3.76. The summed E-state index contributed by atoms with van der Waals surface area (Å²) in [5.41, 5.74) is 8.51. The second kappa shape index (κ2) is 5.68. The Morgan fingerprint density at radius 3 is 3.16 bits per heavy atom. The number of ether oxygens (including phenoxy) is 1. The van der Waals surface area contributed by atoms with E-state index in [1.807, 2.05) is 12.3 Å². The molecular formula is C16H20N2O. The molecule has 19 heavy (non-hydrogen) atoms. The molecule has 1 aromatic heterocycles. The minimum absolute atomic E-state index is 0.0915. The van der Waals surface area contributed by atoms with E-state index < -0.39 is 0 Å². The Hall–Kier alpha value is -1.45. The van der Waals surface area contributed by atoms with E-state index in [4.69, 9.17) is 10.5 Å². The first kappa shape index (κ1) is 12.6. The van der Waals surface area contributed by atoms with Crippen molar-refractivity contribution in [2.45, 2.75) is 37.8 Å². The molecule has 1 aromatic carbocycles.